The molecule has 13 heavy (non-hydrogen) atoms. The van der Waals surface area contributed by atoms with Gasteiger partial charge in [-0.1, -0.05) is 27.7 Å². The van der Waals surface area contributed by atoms with Gasteiger partial charge in [-0.3, -0.25) is 0 Å². The maximum Gasteiger partial charge on any atom is 0.285 e. The van der Waals surface area contributed by atoms with Crippen LogP contribution in [0.25, 0.3) is 0 Å². The van der Waals surface area contributed by atoms with Gasteiger partial charge in [0.15, 0.2) is 8.32 Å². The molecule has 0 radical (unpaired) electrons. The Labute approximate surface area is 89.8 Å². The largest absolute Gasteiger partial charge is 0.444 e. The highest BCUT2D eigenvalue weighted by Gasteiger charge is 2.43. The van der Waals surface area contributed by atoms with Gasteiger partial charge < -0.3 is 4.12 Å². The fraction of sp³-hybridized carbons (Fsp3) is 1.00. The zero-order chi connectivity index (χ0) is 10.9. The van der Waals surface area contributed by atoms with Crippen LogP contribution in [0, 0.1) is 0 Å². The second-order valence-electron chi connectivity index (χ2n) is 5.22. The molecule has 0 aliphatic heterocycles. The van der Waals surface area contributed by atoms with Crippen LogP contribution in [0.4, 0.5) is 0 Å². The first-order valence-electron chi connectivity index (χ1n) is 4.98. The summed E-state index contributed by atoms with van der Waals surface area (Å²) in [6, 6.07) is 0. The van der Waals surface area contributed by atoms with Crippen molar-refractivity contribution in [2.75, 3.05) is 0 Å². The molecule has 0 aromatic rings. The van der Waals surface area contributed by atoms with E-state index in [4.69, 9.17) is 15.2 Å². The van der Waals surface area contributed by atoms with Crippen LogP contribution in [-0.2, 0) is 4.12 Å². The molecule has 0 amide bonds. The predicted molar refractivity (Wildman–Crippen MR) is 66.2 cm³/mol. The quantitative estimate of drug-likeness (QED) is 0.523. The van der Waals surface area contributed by atoms with Gasteiger partial charge in [-0.15, -0.1) is 11.1 Å². The minimum absolute atomic E-state index is 0.487. The lowest BCUT2D eigenvalue weighted by atomic mass is 10.5. The van der Waals surface area contributed by atoms with Gasteiger partial charge >= 0.3 is 0 Å². The smallest absolute Gasteiger partial charge is 0.285 e. The van der Waals surface area contributed by atoms with Crippen molar-refractivity contribution in [1.29, 1.82) is 0 Å². The van der Waals surface area contributed by atoms with E-state index in [1.807, 2.05) is 0 Å². The lowest BCUT2D eigenvalue weighted by Gasteiger charge is -2.37. The summed E-state index contributed by atoms with van der Waals surface area (Å²) < 4.78 is 6.19. The van der Waals surface area contributed by atoms with E-state index in [2.05, 4.69) is 47.3 Å². The fourth-order valence-electron chi connectivity index (χ4n) is 1.37. The predicted octanol–water partition coefficient (Wildman–Crippen LogP) is 4.34. The van der Waals surface area contributed by atoms with E-state index in [0.717, 1.165) is 0 Å². The lowest BCUT2D eigenvalue weighted by Crippen LogP contribution is -2.47. The van der Waals surface area contributed by atoms with E-state index in [1.165, 1.54) is 0 Å². The third-order valence-electron chi connectivity index (χ3n) is 2.04. The summed E-state index contributed by atoms with van der Waals surface area (Å²) in [4.78, 5) is 0. The minimum atomic E-state index is -2.01. The van der Waals surface area contributed by atoms with Crippen molar-refractivity contribution in [2.45, 2.75) is 58.4 Å². The number of hydrogen-bond acceptors (Lipinski definition) is 1. The molecule has 0 aromatic carbocycles. The van der Waals surface area contributed by atoms with Crippen LogP contribution in [0.3, 0.4) is 0 Å². The van der Waals surface area contributed by atoms with Gasteiger partial charge in [-0.25, -0.2) is 0 Å². The van der Waals surface area contributed by atoms with E-state index in [0.29, 0.717) is 11.1 Å². The highest BCUT2D eigenvalue weighted by molar-refractivity contribution is 7.20. The van der Waals surface area contributed by atoms with Crippen molar-refractivity contribution in [3.63, 3.8) is 0 Å². The van der Waals surface area contributed by atoms with Crippen molar-refractivity contribution in [1.82, 2.24) is 0 Å². The van der Waals surface area contributed by atoms with Crippen LogP contribution < -0.4 is 0 Å². The normalized spacial score (nSPS) is 14.3. The minimum Gasteiger partial charge on any atom is -0.444 e. The molecule has 1 nitrogen and oxygen atoms in total. The molecule has 0 bridgehead atoms. The Kier molecular flexibility index (Phi) is 4.70. The Morgan fingerprint density at radius 2 is 1.23 bits per heavy atom. The summed E-state index contributed by atoms with van der Waals surface area (Å²) in [5.74, 6) is 0. The third kappa shape index (κ3) is 4.15. The monoisotopic (exact) mass is 238 g/mol. The van der Waals surface area contributed by atoms with Crippen LogP contribution in [0.2, 0.25) is 30.7 Å². The molecule has 0 heterocycles. The van der Waals surface area contributed by atoms with Gasteiger partial charge in [0, 0.05) is 0 Å². The van der Waals surface area contributed by atoms with Gasteiger partial charge in [0.25, 0.3) is 7.63 Å². The molecule has 0 aliphatic rings. The lowest BCUT2D eigenvalue weighted by molar-refractivity contribution is 0.524. The highest BCUT2D eigenvalue weighted by Crippen LogP contribution is 2.38. The Bertz CT molecular complexity index is 155. The Morgan fingerprint density at radius 1 is 0.923 bits per heavy atom. The molecule has 0 aromatic heterocycles. The van der Waals surface area contributed by atoms with E-state index in [9.17, 15) is 0 Å². The van der Waals surface area contributed by atoms with Crippen LogP contribution in [0.5, 0.6) is 0 Å². The first-order valence-corrected chi connectivity index (χ1v) is 11.5. The molecule has 0 spiro atoms. The van der Waals surface area contributed by atoms with Crippen LogP contribution in [0.15, 0.2) is 0 Å². The Morgan fingerprint density at radius 3 is 1.31 bits per heavy atom. The van der Waals surface area contributed by atoms with Crippen molar-refractivity contribution in [3.05, 3.63) is 0 Å². The van der Waals surface area contributed by atoms with E-state index in [1.54, 1.807) is 0 Å². The molecule has 4 heteroatoms. The van der Waals surface area contributed by atoms with Crippen LogP contribution >= 0.6 is 11.1 Å². The van der Waals surface area contributed by atoms with E-state index in [-0.39, 0.29) is 0 Å². The summed E-state index contributed by atoms with van der Waals surface area (Å²) in [5, 5.41) is 0. The van der Waals surface area contributed by atoms with Crippen LogP contribution in [0.1, 0.15) is 27.7 Å². The molecular weight excluding hydrogens is 216 g/mol. The fourth-order valence-corrected chi connectivity index (χ4v) is 10.4. The maximum atomic E-state index is 6.65. The van der Waals surface area contributed by atoms with E-state index >= 15 is 0 Å². The van der Waals surface area contributed by atoms with Crippen LogP contribution in [-0.4, -0.2) is 15.9 Å². The maximum absolute atomic E-state index is 6.65. The third-order valence-corrected chi connectivity index (χ3v) is 12.2. The number of rotatable bonds is 4. The first-order chi connectivity index (χ1) is 5.59. The standard InChI is InChI=1S/C9H23ClOSi2/c1-8(2)13(10,9(3)4)11-12(5,6)7/h8-9H,1-7H3. The Balaban J connectivity index is 4.62. The molecule has 0 aliphatic carbocycles. The second-order valence-corrected chi connectivity index (χ2v) is 15.7. The summed E-state index contributed by atoms with van der Waals surface area (Å²) in [5.41, 5.74) is 0.974. The van der Waals surface area contributed by atoms with Crippen molar-refractivity contribution < 1.29 is 4.12 Å². The second kappa shape index (κ2) is 4.47. The van der Waals surface area contributed by atoms with Gasteiger partial charge in [-0.2, -0.15) is 0 Å². The zero-order valence-corrected chi connectivity index (χ0v) is 12.7. The molecule has 0 atom stereocenters. The number of hydrogen-bond donors (Lipinski definition) is 0. The molecule has 0 N–H and O–H groups in total. The average Bonchev–Trinajstić information content (AvgIpc) is 1.82. The Hall–Kier alpha value is 0.684. The highest BCUT2D eigenvalue weighted by atomic mass is 35.6. The van der Waals surface area contributed by atoms with E-state index < -0.39 is 15.9 Å². The summed E-state index contributed by atoms with van der Waals surface area (Å²) in [7, 11) is -3.49. The summed E-state index contributed by atoms with van der Waals surface area (Å²) >= 11 is 6.65. The average molecular weight is 239 g/mol. The molecular formula is C9H23ClOSi2. The number of halogens is 1. The van der Waals surface area contributed by atoms with Gasteiger partial charge in [0.1, 0.15) is 0 Å². The van der Waals surface area contributed by atoms with Crippen molar-refractivity contribution in [2.24, 2.45) is 0 Å². The molecule has 0 saturated heterocycles. The van der Waals surface area contributed by atoms with Gasteiger partial charge in [0.05, 0.1) is 0 Å². The van der Waals surface area contributed by atoms with Crippen molar-refractivity contribution >= 4 is 27.0 Å². The molecule has 0 fully saturated rings. The summed E-state index contributed by atoms with van der Waals surface area (Å²) in [6.07, 6.45) is 0. The van der Waals surface area contributed by atoms with Crippen molar-refractivity contribution in [3.8, 4) is 0 Å². The first kappa shape index (κ1) is 13.7. The summed E-state index contributed by atoms with van der Waals surface area (Å²) in [6.45, 7) is 15.4. The zero-order valence-electron chi connectivity index (χ0n) is 9.94. The topological polar surface area (TPSA) is 9.23 Å². The molecule has 80 valence electrons. The SMILES string of the molecule is CC(C)[Si](Cl)(O[Si](C)(C)C)C(C)C. The van der Waals surface area contributed by atoms with Gasteiger partial charge in [0.2, 0.25) is 0 Å². The van der Waals surface area contributed by atoms with Gasteiger partial charge in [-0.05, 0) is 30.7 Å². The molecule has 0 rings (SSSR count). The molecule has 0 unspecified atom stereocenters. The molecule has 0 saturated carbocycles.